The Hall–Kier alpha value is -3.55. The largest absolute Gasteiger partial charge is 0.508 e. The summed E-state index contributed by atoms with van der Waals surface area (Å²) in [4.78, 5) is 40.5. The number of phenolic OH excluding ortho intramolecular Hbond substituents is 1. The number of nitrogens with zero attached hydrogens (tertiary/aromatic N) is 1. The van der Waals surface area contributed by atoms with E-state index in [1.165, 1.54) is 5.56 Å². The summed E-state index contributed by atoms with van der Waals surface area (Å²) < 4.78 is 6.37. The van der Waals surface area contributed by atoms with Gasteiger partial charge >= 0.3 is 0 Å². The Bertz CT molecular complexity index is 1190. The molecule has 0 aliphatic carbocycles. The molecule has 238 valence electrons. The number of hydrogen-bond acceptors (Lipinski definition) is 5. The minimum atomic E-state index is -0.716. The Morgan fingerprint density at radius 1 is 1.00 bits per heavy atom. The van der Waals surface area contributed by atoms with E-state index in [0.717, 1.165) is 37.0 Å². The number of nitrogens with one attached hydrogen (secondary N) is 2. The molecule has 3 rings (SSSR count). The first kappa shape index (κ1) is 35.6. The third kappa shape index (κ3) is 11.2. The molecular weight excluding hydrogens is 542 g/mol. The van der Waals surface area contributed by atoms with Crippen LogP contribution in [0.15, 0.2) is 48.5 Å². The second-order valence-corrected chi connectivity index (χ2v) is 12.5. The van der Waals surface area contributed by atoms with Crippen LogP contribution in [0.3, 0.4) is 0 Å². The number of aryl methyl sites for hydroxylation is 2. The fraction of sp³-hybridized carbons (Fsp3) is 0.571. The van der Waals surface area contributed by atoms with E-state index in [0.29, 0.717) is 18.7 Å². The van der Waals surface area contributed by atoms with Crippen molar-refractivity contribution >= 4 is 17.7 Å². The van der Waals surface area contributed by atoms with E-state index in [4.69, 9.17) is 4.74 Å². The molecule has 0 bridgehead atoms. The van der Waals surface area contributed by atoms with Crippen molar-refractivity contribution in [2.45, 2.75) is 105 Å². The molecule has 3 amide bonds. The molecule has 8 heteroatoms. The van der Waals surface area contributed by atoms with Gasteiger partial charge in [0.1, 0.15) is 23.6 Å². The molecule has 2 aromatic rings. The summed E-state index contributed by atoms with van der Waals surface area (Å²) >= 11 is 0. The summed E-state index contributed by atoms with van der Waals surface area (Å²) in [5.41, 5.74) is 1.80. The van der Waals surface area contributed by atoms with Gasteiger partial charge in [-0.2, -0.15) is 0 Å². The van der Waals surface area contributed by atoms with Crippen molar-refractivity contribution in [1.82, 2.24) is 15.5 Å². The number of aromatic hydroxyl groups is 1. The number of benzene rings is 2. The van der Waals surface area contributed by atoms with Crippen LogP contribution >= 0.6 is 0 Å². The topological polar surface area (TPSA) is 108 Å². The molecule has 1 heterocycles. The van der Waals surface area contributed by atoms with Gasteiger partial charge in [-0.05, 0) is 66.5 Å². The molecular formula is C35H53N3O5. The first-order chi connectivity index (χ1) is 20.4. The number of carbonyl (C=O) groups is 3. The van der Waals surface area contributed by atoms with Crippen molar-refractivity contribution in [1.29, 1.82) is 0 Å². The molecule has 1 fully saturated rings. The van der Waals surface area contributed by atoms with Crippen molar-refractivity contribution in [3.8, 4) is 11.5 Å². The van der Waals surface area contributed by atoms with Crippen LogP contribution in [0, 0.1) is 11.3 Å². The summed E-state index contributed by atoms with van der Waals surface area (Å²) in [6.07, 6.45) is 4.28. The molecule has 3 atom stereocenters. The number of likely N-dealkylation sites (tertiary alicyclic amines) is 1. The summed E-state index contributed by atoms with van der Waals surface area (Å²) in [5.74, 6) is 0.293. The lowest BCUT2D eigenvalue weighted by Crippen LogP contribution is -2.56. The lowest BCUT2D eigenvalue weighted by atomic mass is 9.85. The van der Waals surface area contributed by atoms with Crippen LogP contribution in [0.1, 0.15) is 85.3 Å². The van der Waals surface area contributed by atoms with E-state index in [1.54, 1.807) is 31.9 Å². The molecule has 0 saturated carbocycles. The number of ether oxygens (including phenoxy) is 1. The third-order valence-electron chi connectivity index (χ3n) is 7.58. The number of phenols is 1. The highest BCUT2D eigenvalue weighted by atomic mass is 16.5. The second-order valence-electron chi connectivity index (χ2n) is 12.5. The Labute approximate surface area is 258 Å². The van der Waals surface area contributed by atoms with Gasteiger partial charge in [0.2, 0.25) is 17.7 Å². The predicted octanol–water partition coefficient (Wildman–Crippen LogP) is 5.66. The minimum Gasteiger partial charge on any atom is -0.508 e. The monoisotopic (exact) mass is 595 g/mol. The van der Waals surface area contributed by atoms with Crippen molar-refractivity contribution < 1.29 is 24.2 Å². The highest BCUT2D eigenvalue weighted by Gasteiger charge is 2.43. The standard InChI is InChI=1S/C33H47N3O5.C2H6/c1-22(2)31(39)35-30(33(3,4)5)32(40)36-21-28(19-25(36)20-29(38)34-6)41-27-16-10-14-24(18-27)12-8-7-11-23-13-9-15-26(37)17-23;1-2/h9-10,13-18,22,25,28,30,37H,7-8,11-12,19-21H2,1-6H3,(H,34,38)(H,35,39);1-2H3/t25-,28-,30+;/m0./s1. The summed E-state index contributed by atoms with van der Waals surface area (Å²) in [6, 6.07) is 14.4. The van der Waals surface area contributed by atoms with E-state index in [-0.39, 0.29) is 42.2 Å². The van der Waals surface area contributed by atoms with Gasteiger partial charge in [-0.3, -0.25) is 14.4 Å². The van der Waals surface area contributed by atoms with Crippen LogP contribution in [0.2, 0.25) is 0 Å². The Balaban J connectivity index is 0.00000316. The zero-order valence-corrected chi connectivity index (χ0v) is 27.4. The van der Waals surface area contributed by atoms with Crippen LogP contribution in [-0.4, -0.2) is 59.5 Å². The molecule has 2 aromatic carbocycles. The number of unbranched alkanes of at least 4 members (excludes halogenated alkanes) is 1. The fourth-order valence-electron chi connectivity index (χ4n) is 5.20. The quantitative estimate of drug-likeness (QED) is 0.275. The normalized spacial score (nSPS) is 17.1. The smallest absolute Gasteiger partial charge is 0.246 e. The molecule has 0 spiro atoms. The van der Waals surface area contributed by atoms with Crippen LogP contribution in [-0.2, 0) is 27.2 Å². The first-order valence-electron chi connectivity index (χ1n) is 15.7. The summed E-state index contributed by atoms with van der Waals surface area (Å²) in [7, 11) is 1.59. The lowest BCUT2D eigenvalue weighted by Gasteiger charge is -2.36. The molecule has 0 unspecified atom stereocenters. The van der Waals surface area contributed by atoms with Gasteiger partial charge in [0.25, 0.3) is 0 Å². The van der Waals surface area contributed by atoms with Gasteiger partial charge in [0.05, 0.1) is 6.54 Å². The maximum Gasteiger partial charge on any atom is 0.246 e. The molecule has 1 aliphatic rings. The van der Waals surface area contributed by atoms with Crippen molar-refractivity contribution in [2.24, 2.45) is 11.3 Å². The van der Waals surface area contributed by atoms with Crippen molar-refractivity contribution in [3.05, 3.63) is 59.7 Å². The molecule has 8 nitrogen and oxygen atoms in total. The van der Waals surface area contributed by atoms with Gasteiger partial charge in [-0.25, -0.2) is 0 Å². The highest BCUT2D eigenvalue weighted by Crippen LogP contribution is 2.30. The van der Waals surface area contributed by atoms with Crippen molar-refractivity contribution in [3.63, 3.8) is 0 Å². The highest BCUT2D eigenvalue weighted by molar-refractivity contribution is 5.89. The summed E-state index contributed by atoms with van der Waals surface area (Å²) in [5, 5.41) is 15.3. The van der Waals surface area contributed by atoms with Crippen LogP contribution in [0.5, 0.6) is 11.5 Å². The van der Waals surface area contributed by atoms with E-state index in [2.05, 4.69) is 16.7 Å². The minimum absolute atomic E-state index is 0.139. The Kier molecular flexibility index (Phi) is 14.0. The van der Waals surface area contributed by atoms with Gasteiger partial charge in [0, 0.05) is 31.8 Å². The van der Waals surface area contributed by atoms with Gasteiger partial charge in [-0.1, -0.05) is 72.7 Å². The average Bonchev–Trinajstić information content (AvgIpc) is 3.35. The van der Waals surface area contributed by atoms with Crippen LogP contribution in [0.25, 0.3) is 0 Å². The predicted molar refractivity (Wildman–Crippen MR) is 172 cm³/mol. The molecule has 43 heavy (non-hydrogen) atoms. The average molecular weight is 596 g/mol. The van der Waals surface area contributed by atoms with Gasteiger partial charge in [0.15, 0.2) is 0 Å². The summed E-state index contributed by atoms with van der Waals surface area (Å²) in [6.45, 7) is 13.8. The maximum atomic E-state index is 13.9. The molecule has 1 aliphatic heterocycles. The zero-order chi connectivity index (χ0) is 32.2. The Morgan fingerprint density at radius 3 is 2.16 bits per heavy atom. The van der Waals surface area contributed by atoms with E-state index in [1.807, 2.05) is 71.0 Å². The van der Waals surface area contributed by atoms with E-state index in [9.17, 15) is 19.5 Å². The lowest BCUT2D eigenvalue weighted by molar-refractivity contribution is -0.141. The van der Waals surface area contributed by atoms with Gasteiger partial charge in [-0.15, -0.1) is 0 Å². The number of amides is 3. The number of carbonyl (C=O) groups excluding carboxylic acids is 3. The van der Waals surface area contributed by atoms with Gasteiger partial charge < -0.3 is 25.4 Å². The molecule has 0 radical (unpaired) electrons. The first-order valence-corrected chi connectivity index (χ1v) is 15.7. The Morgan fingerprint density at radius 2 is 1.60 bits per heavy atom. The second kappa shape index (κ2) is 16.9. The van der Waals surface area contributed by atoms with Crippen LogP contribution in [0.4, 0.5) is 0 Å². The SMILES string of the molecule is CC.CNC(=O)C[C@@H]1C[C@H](Oc2cccc(CCCCc3cccc(O)c3)c2)CN1C(=O)[C@@H](NC(=O)C(C)C)C(C)(C)C. The molecule has 0 aromatic heterocycles. The zero-order valence-electron chi connectivity index (χ0n) is 27.4. The van der Waals surface area contributed by atoms with Crippen molar-refractivity contribution in [2.75, 3.05) is 13.6 Å². The van der Waals surface area contributed by atoms with Crippen LogP contribution < -0.4 is 15.4 Å². The number of hydrogen-bond donors (Lipinski definition) is 3. The molecule has 3 N–H and O–H groups in total. The van der Waals surface area contributed by atoms with E-state index < -0.39 is 11.5 Å². The number of rotatable bonds is 12. The third-order valence-corrected chi connectivity index (χ3v) is 7.58. The fourth-order valence-corrected chi connectivity index (χ4v) is 5.20. The maximum absolute atomic E-state index is 13.9. The van der Waals surface area contributed by atoms with E-state index >= 15 is 0 Å². The molecule has 1 saturated heterocycles.